The van der Waals surface area contributed by atoms with E-state index in [9.17, 15) is 18.0 Å². The second-order valence-corrected chi connectivity index (χ2v) is 5.87. The summed E-state index contributed by atoms with van der Waals surface area (Å²) in [7, 11) is 0. The Morgan fingerprint density at radius 3 is 2.47 bits per heavy atom. The Hall–Kier alpha value is -1.17. The van der Waals surface area contributed by atoms with Crippen LogP contribution in [0, 0.1) is 5.41 Å². The molecule has 2 nitrogen and oxygen atoms in total. The summed E-state index contributed by atoms with van der Waals surface area (Å²) in [6.45, 7) is 0. The van der Waals surface area contributed by atoms with Crippen molar-refractivity contribution in [1.82, 2.24) is 0 Å². The second kappa shape index (κ2) is 5.07. The average molecular weight is 290 g/mol. The summed E-state index contributed by atoms with van der Waals surface area (Å²) in [6, 6.07) is 5.41. The largest absolute Gasteiger partial charge is 0.481 e. The molecular weight excluding hydrogens is 277 g/mol. The highest BCUT2D eigenvalue weighted by molar-refractivity contribution is 7.99. The minimum Gasteiger partial charge on any atom is -0.481 e. The van der Waals surface area contributed by atoms with E-state index >= 15 is 0 Å². The minimum absolute atomic E-state index is 0.0359. The molecule has 0 spiro atoms. The van der Waals surface area contributed by atoms with Gasteiger partial charge in [0, 0.05) is 10.6 Å². The van der Waals surface area contributed by atoms with Crippen molar-refractivity contribution < 1.29 is 23.1 Å². The van der Waals surface area contributed by atoms with Gasteiger partial charge in [0.25, 0.3) is 0 Å². The van der Waals surface area contributed by atoms with E-state index < -0.39 is 17.7 Å². The molecule has 0 bridgehead atoms. The summed E-state index contributed by atoms with van der Waals surface area (Å²) >= 11 is 1.10. The lowest BCUT2D eigenvalue weighted by Gasteiger charge is -2.15. The molecule has 1 N–H and O–H groups in total. The normalized spacial score (nSPS) is 17.2. The number of carboxylic acid groups (broad SMARTS) is 1. The Balaban J connectivity index is 2.06. The van der Waals surface area contributed by atoms with Crippen molar-refractivity contribution in [2.24, 2.45) is 5.41 Å². The predicted octanol–water partition coefficient (Wildman–Crippen LogP) is 4.05. The molecule has 104 valence electrons. The van der Waals surface area contributed by atoms with Crippen LogP contribution in [0.25, 0.3) is 0 Å². The first-order chi connectivity index (χ1) is 8.82. The van der Waals surface area contributed by atoms with Gasteiger partial charge in [0.1, 0.15) is 0 Å². The molecule has 0 heterocycles. The van der Waals surface area contributed by atoms with Crippen molar-refractivity contribution in [3.8, 4) is 0 Å². The number of hydrogen-bond donors (Lipinski definition) is 1. The highest BCUT2D eigenvalue weighted by atomic mass is 32.2. The van der Waals surface area contributed by atoms with Crippen LogP contribution in [0.3, 0.4) is 0 Å². The Morgan fingerprint density at radius 2 is 1.95 bits per heavy atom. The van der Waals surface area contributed by atoms with Gasteiger partial charge in [-0.25, -0.2) is 0 Å². The first-order valence-electron chi connectivity index (χ1n) is 5.83. The van der Waals surface area contributed by atoms with Gasteiger partial charge in [0.15, 0.2) is 0 Å². The van der Waals surface area contributed by atoms with E-state index in [0.29, 0.717) is 5.75 Å². The SMILES string of the molecule is O=C(O)CC1(CSc2ccccc2C(F)(F)F)CC1. The Labute approximate surface area is 113 Å². The van der Waals surface area contributed by atoms with Crippen molar-refractivity contribution in [2.45, 2.75) is 30.3 Å². The molecule has 1 aromatic rings. The van der Waals surface area contributed by atoms with E-state index in [0.717, 1.165) is 30.7 Å². The first kappa shape index (κ1) is 14.2. The van der Waals surface area contributed by atoms with Crippen LogP contribution in [0.15, 0.2) is 29.2 Å². The summed E-state index contributed by atoms with van der Waals surface area (Å²) in [4.78, 5) is 10.9. The standard InChI is InChI=1S/C13H13F3O2S/c14-13(15,16)9-3-1-2-4-10(9)19-8-12(5-6-12)7-11(17)18/h1-4H,5-8H2,(H,17,18). The van der Waals surface area contributed by atoms with Crippen LogP contribution in [-0.4, -0.2) is 16.8 Å². The second-order valence-electron chi connectivity index (χ2n) is 4.85. The topological polar surface area (TPSA) is 37.3 Å². The molecule has 1 aromatic carbocycles. The van der Waals surface area contributed by atoms with Crippen LogP contribution in [0.2, 0.25) is 0 Å². The molecule has 0 unspecified atom stereocenters. The number of aliphatic carboxylic acids is 1. The predicted molar refractivity (Wildman–Crippen MR) is 66.1 cm³/mol. The van der Waals surface area contributed by atoms with Crippen LogP contribution in [0.5, 0.6) is 0 Å². The van der Waals surface area contributed by atoms with Gasteiger partial charge in [0.2, 0.25) is 0 Å². The molecule has 0 amide bonds. The smallest absolute Gasteiger partial charge is 0.417 e. The molecule has 0 atom stereocenters. The molecule has 1 saturated carbocycles. The lowest BCUT2D eigenvalue weighted by atomic mass is 10.1. The monoisotopic (exact) mass is 290 g/mol. The van der Waals surface area contributed by atoms with Crippen molar-refractivity contribution in [1.29, 1.82) is 0 Å². The molecular formula is C13H13F3O2S. The number of hydrogen-bond acceptors (Lipinski definition) is 2. The number of carbonyl (C=O) groups is 1. The highest BCUT2D eigenvalue weighted by Crippen LogP contribution is 2.52. The van der Waals surface area contributed by atoms with Crippen molar-refractivity contribution >= 4 is 17.7 Å². The van der Waals surface area contributed by atoms with Crippen LogP contribution in [0.1, 0.15) is 24.8 Å². The number of halogens is 3. The highest BCUT2D eigenvalue weighted by Gasteiger charge is 2.44. The van der Waals surface area contributed by atoms with Crippen LogP contribution in [-0.2, 0) is 11.0 Å². The van der Waals surface area contributed by atoms with Gasteiger partial charge in [-0.05, 0) is 30.4 Å². The molecule has 1 aliphatic carbocycles. The van der Waals surface area contributed by atoms with Gasteiger partial charge in [0.05, 0.1) is 12.0 Å². The summed E-state index contributed by atoms with van der Waals surface area (Å²) in [6.07, 6.45) is -2.78. The maximum Gasteiger partial charge on any atom is 0.417 e. The third-order valence-corrected chi connectivity index (χ3v) is 4.63. The van der Waals surface area contributed by atoms with Crippen molar-refractivity contribution in [2.75, 3.05) is 5.75 Å². The van der Waals surface area contributed by atoms with Gasteiger partial charge in [-0.2, -0.15) is 13.2 Å². The third-order valence-electron chi connectivity index (χ3n) is 3.21. The van der Waals surface area contributed by atoms with Crippen molar-refractivity contribution in [3.63, 3.8) is 0 Å². The Kier molecular flexibility index (Phi) is 3.80. The van der Waals surface area contributed by atoms with Gasteiger partial charge in [-0.3, -0.25) is 4.79 Å². The van der Waals surface area contributed by atoms with E-state index in [1.807, 2.05) is 0 Å². The minimum atomic E-state index is -4.37. The van der Waals surface area contributed by atoms with E-state index in [1.165, 1.54) is 12.1 Å². The molecule has 1 aliphatic rings. The quantitative estimate of drug-likeness (QED) is 0.831. The fourth-order valence-corrected chi connectivity index (χ4v) is 3.29. The number of carboxylic acids is 1. The summed E-state index contributed by atoms with van der Waals surface area (Å²) < 4.78 is 38.4. The maximum absolute atomic E-state index is 12.8. The zero-order valence-corrected chi connectivity index (χ0v) is 10.9. The molecule has 0 aliphatic heterocycles. The molecule has 0 saturated heterocycles. The van der Waals surface area contributed by atoms with E-state index in [4.69, 9.17) is 5.11 Å². The fraction of sp³-hybridized carbons (Fsp3) is 0.462. The van der Waals surface area contributed by atoms with Gasteiger partial charge >= 0.3 is 12.1 Å². The summed E-state index contributed by atoms with van der Waals surface area (Å²) in [5, 5.41) is 8.78. The Morgan fingerprint density at radius 1 is 1.32 bits per heavy atom. The summed E-state index contributed by atoms with van der Waals surface area (Å²) in [5.41, 5.74) is -0.957. The first-order valence-corrected chi connectivity index (χ1v) is 6.82. The summed E-state index contributed by atoms with van der Waals surface area (Å²) in [5.74, 6) is -0.464. The number of rotatable bonds is 5. The Bertz CT molecular complexity index is 481. The third kappa shape index (κ3) is 3.65. The lowest BCUT2D eigenvalue weighted by Crippen LogP contribution is -2.12. The maximum atomic E-state index is 12.8. The number of benzene rings is 1. The van der Waals surface area contributed by atoms with Gasteiger partial charge in [-0.15, -0.1) is 11.8 Å². The van der Waals surface area contributed by atoms with Gasteiger partial charge in [-0.1, -0.05) is 12.1 Å². The fourth-order valence-electron chi connectivity index (χ4n) is 1.93. The number of thioether (sulfide) groups is 1. The van der Waals surface area contributed by atoms with Crippen LogP contribution in [0.4, 0.5) is 13.2 Å². The van der Waals surface area contributed by atoms with Crippen molar-refractivity contribution in [3.05, 3.63) is 29.8 Å². The van der Waals surface area contributed by atoms with E-state index in [2.05, 4.69) is 0 Å². The molecule has 19 heavy (non-hydrogen) atoms. The van der Waals surface area contributed by atoms with Crippen LogP contribution >= 0.6 is 11.8 Å². The lowest BCUT2D eigenvalue weighted by molar-refractivity contribution is -0.140. The molecule has 2 rings (SSSR count). The average Bonchev–Trinajstić information content (AvgIpc) is 3.05. The van der Waals surface area contributed by atoms with Crippen LogP contribution < -0.4 is 0 Å². The van der Waals surface area contributed by atoms with E-state index in [-0.39, 0.29) is 16.7 Å². The van der Waals surface area contributed by atoms with Gasteiger partial charge < -0.3 is 5.11 Å². The number of alkyl halides is 3. The molecule has 6 heteroatoms. The zero-order chi connectivity index (χ0) is 14.1. The molecule has 1 fully saturated rings. The van der Waals surface area contributed by atoms with E-state index in [1.54, 1.807) is 6.07 Å². The molecule has 0 aromatic heterocycles. The molecule has 0 radical (unpaired) electrons. The zero-order valence-electron chi connectivity index (χ0n) is 10.0.